The Morgan fingerprint density at radius 3 is 2.94 bits per heavy atom. The van der Waals surface area contributed by atoms with E-state index in [1.807, 2.05) is 10.6 Å². The van der Waals surface area contributed by atoms with Crippen molar-refractivity contribution in [2.45, 2.75) is 25.9 Å². The molecule has 96 valence electrons. The maximum Gasteiger partial charge on any atom is 0.157 e. The van der Waals surface area contributed by atoms with Gasteiger partial charge in [-0.3, -0.25) is 0 Å². The van der Waals surface area contributed by atoms with Crippen LogP contribution < -0.4 is 4.90 Å². The highest BCUT2D eigenvalue weighted by Gasteiger charge is 2.28. The summed E-state index contributed by atoms with van der Waals surface area (Å²) in [5.41, 5.74) is 2.07. The van der Waals surface area contributed by atoms with Crippen molar-refractivity contribution in [1.82, 2.24) is 14.6 Å². The SMILES string of the molecule is Cc1cc(N(C)CC2CC(O)C2)n2ncnc2c1. The van der Waals surface area contributed by atoms with Gasteiger partial charge in [-0.05, 0) is 43.4 Å². The molecule has 1 N–H and O–H groups in total. The summed E-state index contributed by atoms with van der Waals surface area (Å²) < 4.78 is 1.86. The average Bonchev–Trinajstić information content (AvgIpc) is 2.73. The second-order valence-corrected chi connectivity index (χ2v) is 5.29. The zero-order valence-corrected chi connectivity index (χ0v) is 10.7. The predicted octanol–water partition coefficient (Wildman–Crippen LogP) is 1.24. The van der Waals surface area contributed by atoms with E-state index in [1.54, 1.807) is 6.33 Å². The van der Waals surface area contributed by atoms with E-state index in [0.29, 0.717) is 5.92 Å². The first-order valence-corrected chi connectivity index (χ1v) is 6.33. The normalized spacial score (nSPS) is 23.1. The Morgan fingerprint density at radius 2 is 2.22 bits per heavy atom. The number of hydrogen-bond donors (Lipinski definition) is 1. The van der Waals surface area contributed by atoms with Crippen LogP contribution in [0.15, 0.2) is 18.5 Å². The molecule has 0 spiro atoms. The third kappa shape index (κ3) is 1.95. The van der Waals surface area contributed by atoms with Crippen LogP contribution in [0.1, 0.15) is 18.4 Å². The molecule has 3 rings (SSSR count). The second-order valence-electron chi connectivity index (χ2n) is 5.29. The molecule has 0 aliphatic heterocycles. The lowest BCUT2D eigenvalue weighted by atomic mass is 9.82. The van der Waals surface area contributed by atoms with Crippen molar-refractivity contribution in [2.75, 3.05) is 18.5 Å². The number of pyridine rings is 1. The second kappa shape index (κ2) is 4.24. The fourth-order valence-corrected chi connectivity index (χ4v) is 2.64. The molecule has 0 bridgehead atoms. The summed E-state index contributed by atoms with van der Waals surface area (Å²) in [5, 5.41) is 13.6. The molecule has 1 aliphatic rings. The van der Waals surface area contributed by atoms with Gasteiger partial charge in [-0.1, -0.05) is 0 Å². The Kier molecular flexibility index (Phi) is 2.70. The molecular weight excluding hydrogens is 228 g/mol. The van der Waals surface area contributed by atoms with E-state index in [1.165, 1.54) is 5.56 Å². The molecule has 0 unspecified atom stereocenters. The monoisotopic (exact) mass is 246 g/mol. The molecule has 0 radical (unpaired) electrons. The van der Waals surface area contributed by atoms with Crippen LogP contribution >= 0.6 is 0 Å². The van der Waals surface area contributed by atoms with Crippen LogP contribution in [0.4, 0.5) is 5.82 Å². The molecule has 0 saturated heterocycles. The minimum atomic E-state index is -0.0905. The maximum atomic E-state index is 9.34. The van der Waals surface area contributed by atoms with Gasteiger partial charge in [-0.25, -0.2) is 4.98 Å². The number of aliphatic hydroxyl groups is 1. The van der Waals surface area contributed by atoms with Crippen LogP contribution in [0.25, 0.3) is 5.65 Å². The molecular formula is C13H18N4O. The number of aliphatic hydroxyl groups excluding tert-OH is 1. The highest BCUT2D eigenvalue weighted by atomic mass is 16.3. The number of nitrogens with zero attached hydrogens (tertiary/aromatic N) is 4. The Hall–Kier alpha value is -1.62. The number of rotatable bonds is 3. The minimum Gasteiger partial charge on any atom is -0.393 e. The molecule has 18 heavy (non-hydrogen) atoms. The van der Waals surface area contributed by atoms with Gasteiger partial charge in [-0.2, -0.15) is 9.61 Å². The first kappa shape index (κ1) is 11.5. The lowest BCUT2D eigenvalue weighted by Gasteiger charge is -2.35. The van der Waals surface area contributed by atoms with Gasteiger partial charge in [0.1, 0.15) is 12.1 Å². The topological polar surface area (TPSA) is 53.7 Å². The zero-order valence-electron chi connectivity index (χ0n) is 10.7. The van der Waals surface area contributed by atoms with Crippen LogP contribution in [0.5, 0.6) is 0 Å². The Labute approximate surface area is 106 Å². The van der Waals surface area contributed by atoms with E-state index in [-0.39, 0.29) is 6.10 Å². The van der Waals surface area contributed by atoms with Crippen LogP contribution in [0.3, 0.4) is 0 Å². The molecule has 1 saturated carbocycles. The first-order valence-electron chi connectivity index (χ1n) is 6.33. The van der Waals surface area contributed by atoms with E-state index in [4.69, 9.17) is 0 Å². The zero-order chi connectivity index (χ0) is 12.7. The average molecular weight is 246 g/mol. The molecule has 0 aromatic carbocycles. The van der Waals surface area contributed by atoms with Gasteiger partial charge in [0, 0.05) is 13.6 Å². The highest BCUT2D eigenvalue weighted by Crippen LogP contribution is 2.29. The van der Waals surface area contributed by atoms with Gasteiger partial charge in [0.2, 0.25) is 0 Å². The predicted molar refractivity (Wildman–Crippen MR) is 69.7 cm³/mol. The lowest BCUT2D eigenvalue weighted by Crippen LogP contribution is -2.37. The smallest absolute Gasteiger partial charge is 0.157 e. The lowest BCUT2D eigenvalue weighted by molar-refractivity contribution is 0.0464. The molecule has 0 amide bonds. The third-order valence-electron chi connectivity index (χ3n) is 3.64. The standard InChI is InChI=1S/C13H18N4O/c1-9-3-12-14-8-15-17(12)13(4-9)16(2)7-10-5-11(18)6-10/h3-4,8,10-11,18H,5-7H2,1-2H3. The largest absolute Gasteiger partial charge is 0.393 e. The molecule has 2 aromatic heterocycles. The first-order chi connectivity index (χ1) is 8.63. The van der Waals surface area contributed by atoms with Crippen LogP contribution in [-0.4, -0.2) is 39.4 Å². The van der Waals surface area contributed by atoms with Crippen molar-refractivity contribution >= 4 is 11.5 Å². The van der Waals surface area contributed by atoms with E-state index in [9.17, 15) is 5.11 Å². The molecule has 0 atom stereocenters. The quantitative estimate of drug-likeness (QED) is 0.885. The summed E-state index contributed by atoms with van der Waals surface area (Å²) >= 11 is 0. The van der Waals surface area contributed by atoms with Gasteiger partial charge in [-0.15, -0.1) is 0 Å². The summed E-state index contributed by atoms with van der Waals surface area (Å²) in [5.74, 6) is 1.65. The molecule has 1 fully saturated rings. The fraction of sp³-hybridized carbons (Fsp3) is 0.538. The summed E-state index contributed by atoms with van der Waals surface area (Å²) in [6.07, 6.45) is 3.32. The van der Waals surface area contributed by atoms with Crippen molar-refractivity contribution in [3.63, 3.8) is 0 Å². The Balaban J connectivity index is 1.86. The van der Waals surface area contributed by atoms with Crippen LogP contribution in [-0.2, 0) is 0 Å². The molecule has 1 aliphatic carbocycles. The summed E-state index contributed by atoms with van der Waals surface area (Å²) in [7, 11) is 2.07. The number of anilines is 1. The van der Waals surface area contributed by atoms with Gasteiger partial charge in [0.05, 0.1) is 6.10 Å². The molecule has 5 heteroatoms. The van der Waals surface area contributed by atoms with E-state index in [2.05, 4.69) is 35.0 Å². The van der Waals surface area contributed by atoms with Crippen molar-refractivity contribution in [3.8, 4) is 0 Å². The van der Waals surface area contributed by atoms with Crippen molar-refractivity contribution in [3.05, 3.63) is 24.0 Å². The number of aryl methyl sites for hydroxylation is 1. The summed E-state index contributed by atoms with van der Waals surface area (Å²) in [6, 6.07) is 4.15. The molecule has 5 nitrogen and oxygen atoms in total. The summed E-state index contributed by atoms with van der Waals surface area (Å²) in [6.45, 7) is 3.02. The van der Waals surface area contributed by atoms with Gasteiger partial charge < -0.3 is 10.0 Å². The van der Waals surface area contributed by atoms with E-state index in [0.717, 1.165) is 30.9 Å². The number of hydrogen-bond acceptors (Lipinski definition) is 4. The number of aromatic nitrogens is 3. The number of fused-ring (bicyclic) bond motifs is 1. The van der Waals surface area contributed by atoms with Crippen molar-refractivity contribution < 1.29 is 5.11 Å². The Bertz CT molecular complexity index is 559. The van der Waals surface area contributed by atoms with Gasteiger partial charge in [0.15, 0.2) is 5.65 Å². The minimum absolute atomic E-state index is 0.0905. The third-order valence-corrected chi connectivity index (χ3v) is 3.64. The van der Waals surface area contributed by atoms with Crippen LogP contribution in [0, 0.1) is 12.8 Å². The highest BCUT2D eigenvalue weighted by molar-refractivity contribution is 5.52. The maximum absolute atomic E-state index is 9.34. The fourth-order valence-electron chi connectivity index (χ4n) is 2.64. The van der Waals surface area contributed by atoms with Crippen LogP contribution in [0.2, 0.25) is 0 Å². The molecule has 2 aromatic rings. The van der Waals surface area contributed by atoms with Crippen molar-refractivity contribution in [2.24, 2.45) is 5.92 Å². The van der Waals surface area contributed by atoms with E-state index >= 15 is 0 Å². The van der Waals surface area contributed by atoms with Gasteiger partial charge >= 0.3 is 0 Å². The summed E-state index contributed by atoms with van der Waals surface area (Å²) in [4.78, 5) is 6.43. The Morgan fingerprint density at radius 1 is 1.44 bits per heavy atom. The molecule has 2 heterocycles. The van der Waals surface area contributed by atoms with E-state index < -0.39 is 0 Å². The van der Waals surface area contributed by atoms with Crippen molar-refractivity contribution in [1.29, 1.82) is 0 Å². The van der Waals surface area contributed by atoms with Gasteiger partial charge in [0.25, 0.3) is 0 Å².